The standard InChI is InChI=1S/C21H18ClF3N2O/c1-11(2)27-20(28)13-5-8-15-16(10-18(22)19(26)17(15)9-13)12-3-6-14(7-4-12)21(23,24)25/h3-11H,26H2,1-2H3,(H,27,28). The highest BCUT2D eigenvalue weighted by molar-refractivity contribution is 6.35. The highest BCUT2D eigenvalue weighted by atomic mass is 35.5. The molecule has 0 radical (unpaired) electrons. The SMILES string of the molecule is CC(C)NC(=O)c1ccc2c(-c3ccc(C(F)(F)F)cc3)cc(Cl)c(N)c2c1. The van der Waals surface area contributed by atoms with Crippen LogP contribution in [0.25, 0.3) is 21.9 Å². The Labute approximate surface area is 165 Å². The number of carbonyl (C=O) groups excluding carboxylic acids is 1. The molecule has 28 heavy (non-hydrogen) atoms. The number of anilines is 1. The Hall–Kier alpha value is -2.73. The van der Waals surface area contributed by atoms with Crippen LogP contribution in [0.2, 0.25) is 5.02 Å². The zero-order valence-corrected chi connectivity index (χ0v) is 15.9. The fraction of sp³-hybridized carbons (Fsp3) is 0.190. The average Bonchev–Trinajstić information content (AvgIpc) is 2.63. The molecule has 3 rings (SSSR count). The monoisotopic (exact) mass is 406 g/mol. The van der Waals surface area contributed by atoms with E-state index in [4.69, 9.17) is 17.3 Å². The van der Waals surface area contributed by atoms with E-state index in [1.807, 2.05) is 13.8 Å². The normalized spacial score (nSPS) is 11.8. The molecule has 0 bridgehead atoms. The first-order valence-electron chi connectivity index (χ1n) is 8.58. The number of amides is 1. The van der Waals surface area contributed by atoms with Crippen molar-refractivity contribution in [1.82, 2.24) is 5.32 Å². The van der Waals surface area contributed by atoms with Gasteiger partial charge in [-0.15, -0.1) is 0 Å². The number of hydrogen-bond acceptors (Lipinski definition) is 2. The van der Waals surface area contributed by atoms with Crippen LogP contribution in [0.3, 0.4) is 0 Å². The summed E-state index contributed by atoms with van der Waals surface area (Å²) in [6, 6.07) is 11.4. The van der Waals surface area contributed by atoms with Gasteiger partial charge >= 0.3 is 6.18 Å². The van der Waals surface area contributed by atoms with Gasteiger partial charge in [0.15, 0.2) is 0 Å². The van der Waals surface area contributed by atoms with Crippen LogP contribution in [0.15, 0.2) is 48.5 Å². The molecule has 0 saturated carbocycles. The molecular formula is C21H18ClF3N2O. The van der Waals surface area contributed by atoms with Gasteiger partial charge in [-0.2, -0.15) is 13.2 Å². The lowest BCUT2D eigenvalue weighted by Gasteiger charge is -2.14. The molecule has 3 nitrogen and oxygen atoms in total. The van der Waals surface area contributed by atoms with Crippen LogP contribution in [-0.4, -0.2) is 11.9 Å². The van der Waals surface area contributed by atoms with Crippen LogP contribution in [-0.2, 0) is 6.18 Å². The Bertz CT molecular complexity index is 1040. The fourth-order valence-electron chi connectivity index (χ4n) is 2.98. The molecule has 0 heterocycles. The maximum atomic E-state index is 12.8. The molecule has 0 atom stereocenters. The lowest BCUT2D eigenvalue weighted by Crippen LogP contribution is -2.30. The number of fused-ring (bicyclic) bond motifs is 1. The highest BCUT2D eigenvalue weighted by Crippen LogP contribution is 2.38. The Morgan fingerprint density at radius 1 is 1.04 bits per heavy atom. The number of nitrogens with one attached hydrogen (secondary N) is 1. The van der Waals surface area contributed by atoms with Crippen molar-refractivity contribution in [3.63, 3.8) is 0 Å². The Kier molecular flexibility index (Phi) is 5.26. The number of nitrogens with two attached hydrogens (primary N) is 1. The lowest BCUT2D eigenvalue weighted by atomic mass is 9.95. The second-order valence-corrected chi connectivity index (χ2v) is 7.19. The van der Waals surface area contributed by atoms with E-state index in [1.165, 1.54) is 12.1 Å². The van der Waals surface area contributed by atoms with Crippen molar-refractivity contribution < 1.29 is 18.0 Å². The van der Waals surface area contributed by atoms with Gasteiger partial charge in [0.1, 0.15) is 0 Å². The van der Waals surface area contributed by atoms with Crippen molar-refractivity contribution in [2.24, 2.45) is 0 Å². The topological polar surface area (TPSA) is 55.1 Å². The molecular weight excluding hydrogens is 389 g/mol. The van der Waals surface area contributed by atoms with Gasteiger partial charge in [0, 0.05) is 17.0 Å². The minimum absolute atomic E-state index is 0.0254. The molecule has 0 saturated heterocycles. The first kappa shape index (κ1) is 20.0. The second-order valence-electron chi connectivity index (χ2n) is 6.78. The number of halogens is 4. The van der Waals surface area contributed by atoms with E-state index in [1.54, 1.807) is 24.3 Å². The van der Waals surface area contributed by atoms with Crippen molar-refractivity contribution in [1.29, 1.82) is 0 Å². The summed E-state index contributed by atoms with van der Waals surface area (Å²) in [7, 11) is 0. The van der Waals surface area contributed by atoms with Gasteiger partial charge in [-0.05, 0) is 60.7 Å². The molecule has 1 amide bonds. The molecule has 0 aromatic heterocycles. The van der Waals surface area contributed by atoms with Gasteiger partial charge in [0.25, 0.3) is 5.91 Å². The molecule has 146 valence electrons. The van der Waals surface area contributed by atoms with Crippen LogP contribution in [0.5, 0.6) is 0 Å². The van der Waals surface area contributed by atoms with E-state index in [9.17, 15) is 18.0 Å². The van der Waals surface area contributed by atoms with Gasteiger partial charge in [0.05, 0.1) is 16.3 Å². The summed E-state index contributed by atoms with van der Waals surface area (Å²) >= 11 is 6.26. The van der Waals surface area contributed by atoms with E-state index in [0.29, 0.717) is 33.2 Å². The van der Waals surface area contributed by atoms with Gasteiger partial charge in [0.2, 0.25) is 0 Å². The van der Waals surface area contributed by atoms with Crippen LogP contribution >= 0.6 is 11.6 Å². The molecule has 0 unspecified atom stereocenters. The minimum Gasteiger partial charge on any atom is -0.397 e. The fourth-order valence-corrected chi connectivity index (χ4v) is 3.19. The molecule has 3 N–H and O–H groups in total. The predicted octanol–water partition coefficient (Wildman–Crippen LogP) is 5.90. The third-order valence-electron chi connectivity index (χ3n) is 4.33. The van der Waals surface area contributed by atoms with E-state index < -0.39 is 11.7 Å². The number of nitrogen functional groups attached to an aromatic ring is 1. The highest BCUT2D eigenvalue weighted by Gasteiger charge is 2.30. The van der Waals surface area contributed by atoms with Crippen LogP contribution in [0.4, 0.5) is 18.9 Å². The number of rotatable bonds is 3. The van der Waals surface area contributed by atoms with Crippen molar-refractivity contribution in [2.75, 3.05) is 5.73 Å². The number of benzene rings is 3. The molecule has 3 aromatic rings. The smallest absolute Gasteiger partial charge is 0.397 e. The van der Waals surface area contributed by atoms with Gasteiger partial charge in [-0.1, -0.05) is 29.8 Å². The summed E-state index contributed by atoms with van der Waals surface area (Å²) in [4.78, 5) is 12.3. The molecule has 7 heteroatoms. The first-order valence-corrected chi connectivity index (χ1v) is 8.96. The maximum absolute atomic E-state index is 12.8. The molecule has 0 aliphatic heterocycles. The van der Waals surface area contributed by atoms with Gasteiger partial charge in [-0.3, -0.25) is 4.79 Å². The zero-order valence-electron chi connectivity index (χ0n) is 15.2. The maximum Gasteiger partial charge on any atom is 0.416 e. The molecule has 0 spiro atoms. The summed E-state index contributed by atoms with van der Waals surface area (Å²) in [5, 5.41) is 4.34. The Morgan fingerprint density at radius 3 is 2.25 bits per heavy atom. The van der Waals surface area contributed by atoms with Crippen LogP contribution in [0.1, 0.15) is 29.8 Å². The predicted molar refractivity (Wildman–Crippen MR) is 106 cm³/mol. The molecule has 0 aliphatic rings. The summed E-state index contributed by atoms with van der Waals surface area (Å²) in [6.07, 6.45) is -4.40. The number of alkyl halides is 3. The number of hydrogen-bond donors (Lipinski definition) is 2. The van der Waals surface area contributed by atoms with E-state index in [-0.39, 0.29) is 17.0 Å². The zero-order chi connectivity index (χ0) is 20.6. The lowest BCUT2D eigenvalue weighted by molar-refractivity contribution is -0.137. The van der Waals surface area contributed by atoms with Crippen LogP contribution < -0.4 is 11.1 Å². The largest absolute Gasteiger partial charge is 0.416 e. The molecule has 3 aromatic carbocycles. The third kappa shape index (κ3) is 3.92. The van der Waals surface area contributed by atoms with E-state index in [0.717, 1.165) is 12.1 Å². The quantitative estimate of drug-likeness (QED) is 0.532. The summed E-state index contributed by atoms with van der Waals surface area (Å²) in [5.74, 6) is -0.243. The van der Waals surface area contributed by atoms with Crippen molar-refractivity contribution in [3.05, 3.63) is 64.7 Å². The Balaban J connectivity index is 2.14. The summed E-state index contributed by atoms with van der Waals surface area (Å²) < 4.78 is 38.5. The van der Waals surface area contributed by atoms with Gasteiger partial charge in [-0.25, -0.2) is 0 Å². The molecule has 0 aliphatic carbocycles. The van der Waals surface area contributed by atoms with Gasteiger partial charge < -0.3 is 11.1 Å². The van der Waals surface area contributed by atoms with Crippen molar-refractivity contribution >= 4 is 34.0 Å². The Morgan fingerprint density at radius 2 is 1.68 bits per heavy atom. The third-order valence-corrected chi connectivity index (χ3v) is 4.65. The van der Waals surface area contributed by atoms with Crippen molar-refractivity contribution in [2.45, 2.75) is 26.1 Å². The minimum atomic E-state index is -4.40. The average molecular weight is 407 g/mol. The summed E-state index contributed by atoms with van der Waals surface area (Å²) in [6.45, 7) is 3.71. The van der Waals surface area contributed by atoms with E-state index >= 15 is 0 Å². The van der Waals surface area contributed by atoms with Crippen molar-refractivity contribution in [3.8, 4) is 11.1 Å². The van der Waals surface area contributed by atoms with Crippen LogP contribution in [0, 0.1) is 0 Å². The first-order chi connectivity index (χ1) is 13.1. The summed E-state index contributed by atoms with van der Waals surface area (Å²) in [5.41, 5.74) is 7.32. The number of carbonyl (C=O) groups is 1. The van der Waals surface area contributed by atoms with E-state index in [2.05, 4.69) is 5.32 Å². The molecule has 0 fully saturated rings. The second kappa shape index (κ2) is 7.36.